The zero-order valence-electron chi connectivity index (χ0n) is 14.7. The van der Waals surface area contributed by atoms with Crippen LogP contribution in [-0.2, 0) is 10.8 Å². The summed E-state index contributed by atoms with van der Waals surface area (Å²) >= 11 is 0. The molecule has 0 atom stereocenters. The molecule has 0 heterocycles. The third-order valence-electron chi connectivity index (χ3n) is 4.96. The standard InChI is InChI=1S/C20H27NO/c1-7-22-18-13-17-16(12-15(18)14(2)8-11-21)19(3,4)9-10-20(17,5)6/h8,12-13H,7,9-10H2,1-6H3/b14-8-. The fourth-order valence-corrected chi connectivity index (χ4v) is 3.35. The van der Waals surface area contributed by atoms with Crippen LogP contribution in [0.5, 0.6) is 5.75 Å². The first-order valence-corrected chi connectivity index (χ1v) is 8.11. The van der Waals surface area contributed by atoms with Gasteiger partial charge in [0.15, 0.2) is 0 Å². The Balaban J connectivity index is 2.73. The Bertz CT molecular complexity index is 644. The normalized spacial score (nSPS) is 19.2. The summed E-state index contributed by atoms with van der Waals surface area (Å²) in [5.74, 6) is 0.899. The molecule has 2 heteroatoms. The monoisotopic (exact) mass is 297 g/mol. The van der Waals surface area contributed by atoms with Crippen LogP contribution in [-0.4, -0.2) is 6.61 Å². The van der Waals surface area contributed by atoms with Gasteiger partial charge < -0.3 is 4.74 Å². The minimum absolute atomic E-state index is 0.164. The topological polar surface area (TPSA) is 33.0 Å². The van der Waals surface area contributed by atoms with Crippen molar-refractivity contribution in [2.75, 3.05) is 6.61 Å². The van der Waals surface area contributed by atoms with Crippen LogP contribution in [0.1, 0.15) is 71.1 Å². The molecular formula is C20H27NO. The summed E-state index contributed by atoms with van der Waals surface area (Å²) in [4.78, 5) is 0. The average molecular weight is 297 g/mol. The van der Waals surface area contributed by atoms with Gasteiger partial charge in [-0.25, -0.2) is 0 Å². The Kier molecular flexibility index (Phi) is 4.38. The molecule has 1 aliphatic rings. The zero-order valence-corrected chi connectivity index (χ0v) is 14.7. The second-order valence-corrected chi connectivity index (χ2v) is 7.55. The summed E-state index contributed by atoms with van der Waals surface area (Å²) in [5, 5.41) is 8.98. The van der Waals surface area contributed by atoms with E-state index in [2.05, 4.69) is 45.9 Å². The van der Waals surface area contributed by atoms with E-state index in [0.29, 0.717) is 6.61 Å². The van der Waals surface area contributed by atoms with Crippen molar-refractivity contribution in [3.8, 4) is 11.8 Å². The van der Waals surface area contributed by atoms with Gasteiger partial charge in [-0.05, 0) is 66.4 Å². The smallest absolute Gasteiger partial charge is 0.127 e. The van der Waals surface area contributed by atoms with Crippen molar-refractivity contribution in [3.63, 3.8) is 0 Å². The van der Waals surface area contributed by atoms with Crippen molar-refractivity contribution in [3.05, 3.63) is 34.9 Å². The minimum Gasteiger partial charge on any atom is -0.493 e. The number of hydrogen-bond donors (Lipinski definition) is 0. The molecule has 0 saturated heterocycles. The number of benzene rings is 1. The maximum absolute atomic E-state index is 8.98. The van der Waals surface area contributed by atoms with Crippen LogP contribution in [0.2, 0.25) is 0 Å². The number of nitriles is 1. The van der Waals surface area contributed by atoms with E-state index in [4.69, 9.17) is 10.00 Å². The highest BCUT2D eigenvalue weighted by Crippen LogP contribution is 2.48. The van der Waals surface area contributed by atoms with E-state index in [9.17, 15) is 0 Å². The third-order valence-corrected chi connectivity index (χ3v) is 4.96. The van der Waals surface area contributed by atoms with Gasteiger partial charge in [0.25, 0.3) is 0 Å². The first kappa shape index (κ1) is 16.6. The number of hydrogen-bond acceptors (Lipinski definition) is 2. The Morgan fingerprint density at radius 2 is 1.73 bits per heavy atom. The number of fused-ring (bicyclic) bond motifs is 1. The summed E-state index contributed by atoms with van der Waals surface area (Å²) in [7, 11) is 0. The molecule has 0 saturated carbocycles. The van der Waals surface area contributed by atoms with Gasteiger partial charge in [-0.1, -0.05) is 27.7 Å². The van der Waals surface area contributed by atoms with E-state index in [0.717, 1.165) is 16.9 Å². The van der Waals surface area contributed by atoms with Gasteiger partial charge in [-0.2, -0.15) is 5.26 Å². The van der Waals surface area contributed by atoms with Crippen LogP contribution in [0.3, 0.4) is 0 Å². The Hall–Kier alpha value is -1.75. The molecule has 0 spiro atoms. The molecule has 1 aliphatic carbocycles. The Morgan fingerprint density at radius 3 is 2.23 bits per heavy atom. The van der Waals surface area contributed by atoms with Crippen molar-refractivity contribution in [2.45, 2.75) is 65.2 Å². The molecule has 1 aromatic rings. The SMILES string of the molecule is CCOc1cc2c(cc1/C(C)=C\C#N)C(C)(C)CCC2(C)C. The van der Waals surface area contributed by atoms with Crippen molar-refractivity contribution < 1.29 is 4.74 Å². The summed E-state index contributed by atoms with van der Waals surface area (Å²) < 4.78 is 5.88. The van der Waals surface area contributed by atoms with Gasteiger partial charge in [0.1, 0.15) is 5.75 Å². The van der Waals surface area contributed by atoms with Crippen LogP contribution < -0.4 is 4.74 Å². The van der Waals surface area contributed by atoms with Crippen molar-refractivity contribution in [1.29, 1.82) is 5.26 Å². The highest BCUT2D eigenvalue weighted by atomic mass is 16.5. The fraction of sp³-hybridized carbons (Fsp3) is 0.550. The third kappa shape index (κ3) is 2.90. The van der Waals surface area contributed by atoms with Crippen LogP contribution in [0.15, 0.2) is 18.2 Å². The average Bonchev–Trinajstić information content (AvgIpc) is 2.44. The van der Waals surface area contributed by atoms with E-state index in [-0.39, 0.29) is 10.8 Å². The largest absolute Gasteiger partial charge is 0.493 e. The molecule has 0 unspecified atom stereocenters. The van der Waals surface area contributed by atoms with Gasteiger partial charge in [0.2, 0.25) is 0 Å². The van der Waals surface area contributed by atoms with Gasteiger partial charge in [0, 0.05) is 11.6 Å². The molecule has 2 rings (SSSR count). The van der Waals surface area contributed by atoms with E-state index in [1.807, 2.05) is 13.8 Å². The first-order chi connectivity index (χ1) is 10.2. The van der Waals surface area contributed by atoms with Crippen LogP contribution >= 0.6 is 0 Å². The molecule has 118 valence electrons. The summed E-state index contributed by atoms with van der Waals surface area (Å²) in [6, 6.07) is 6.60. The fourth-order valence-electron chi connectivity index (χ4n) is 3.35. The van der Waals surface area contributed by atoms with E-state index < -0.39 is 0 Å². The lowest BCUT2D eigenvalue weighted by atomic mass is 9.62. The lowest BCUT2D eigenvalue weighted by Crippen LogP contribution is -2.34. The summed E-state index contributed by atoms with van der Waals surface area (Å²) in [6.07, 6.45) is 3.97. The maximum Gasteiger partial charge on any atom is 0.127 e. The van der Waals surface area contributed by atoms with Gasteiger partial charge in [-0.15, -0.1) is 0 Å². The Labute approximate surface area is 134 Å². The second-order valence-electron chi connectivity index (χ2n) is 7.55. The lowest BCUT2D eigenvalue weighted by molar-refractivity contribution is 0.318. The zero-order chi connectivity index (χ0) is 16.5. The number of allylic oxidation sites excluding steroid dienone is 2. The van der Waals surface area contributed by atoms with E-state index in [1.165, 1.54) is 24.0 Å². The van der Waals surface area contributed by atoms with Crippen LogP contribution in [0.4, 0.5) is 0 Å². The highest BCUT2D eigenvalue weighted by Gasteiger charge is 2.37. The number of rotatable bonds is 3. The molecule has 0 amide bonds. The van der Waals surface area contributed by atoms with Crippen molar-refractivity contribution >= 4 is 5.57 Å². The van der Waals surface area contributed by atoms with E-state index in [1.54, 1.807) is 6.08 Å². The minimum atomic E-state index is 0.164. The highest BCUT2D eigenvalue weighted by molar-refractivity contribution is 5.73. The molecule has 0 N–H and O–H groups in total. The first-order valence-electron chi connectivity index (χ1n) is 8.11. The molecule has 0 aromatic heterocycles. The second kappa shape index (κ2) is 5.80. The molecule has 22 heavy (non-hydrogen) atoms. The molecule has 0 fully saturated rings. The Morgan fingerprint density at radius 1 is 1.18 bits per heavy atom. The molecule has 0 radical (unpaired) electrons. The molecular weight excluding hydrogens is 270 g/mol. The number of nitrogens with zero attached hydrogens (tertiary/aromatic N) is 1. The van der Waals surface area contributed by atoms with Crippen molar-refractivity contribution in [1.82, 2.24) is 0 Å². The summed E-state index contributed by atoms with van der Waals surface area (Å²) in [6.45, 7) is 13.9. The maximum atomic E-state index is 8.98. The molecule has 0 bridgehead atoms. The predicted octanol–water partition coefficient (Wildman–Crippen LogP) is 5.36. The molecule has 0 aliphatic heterocycles. The van der Waals surface area contributed by atoms with Gasteiger partial charge >= 0.3 is 0 Å². The van der Waals surface area contributed by atoms with Crippen LogP contribution in [0, 0.1) is 11.3 Å². The molecule has 1 aromatic carbocycles. The van der Waals surface area contributed by atoms with E-state index >= 15 is 0 Å². The van der Waals surface area contributed by atoms with Gasteiger partial charge in [0.05, 0.1) is 12.7 Å². The number of ether oxygens (including phenoxy) is 1. The summed E-state index contributed by atoms with van der Waals surface area (Å²) in [5.41, 5.74) is 5.13. The van der Waals surface area contributed by atoms with Crippen LogP contribution in [0.25, 0.3) is 5.57 Å². The van der Waals surface area contributed by atoms with Crippen molar-refractivity contribution in [2.24, 2.45) is 0 Å². The lowest BCUT2D eigenvalue weighted by Gasteiger charge is -2.42. The van der Waals surface area contributed by atoms with Gasteiger partial charge in [-0.3, -0.25) is 0 Å². The molecule has 2 nitrogen and oxygen atoms in total. The quantitative estimate of drug-likeness (QED) is 0.703. The predicted molar refractivity (Wildman–Crippen MR) is 92.2 cm³/mol.